The van der Waals surface area contributed by atoms with E-state index in [9.17, 15) is 0 Å². The van der Waals surface area contributed by atoms with E-state index in [1.54, 1.807) is 0 Å². The Bertz CT molecular complexity index is 62.5. The third-order valence-corrected chi connectivity index (χ3v) is 2.38. The van der Waals surface area contributed by atoms with Crippen LogP contribution in [0.1, 0.15) is 19.3 Å². The molecule has 0 aromatic rings. The van der Waals surface area contributed by atoms with Gasteiger partial charge in [0.25, 0.3) is 0 Å². The third kappa shape index (κ3) is 2.21. The first-order valence-corrected chi connectivity index (χ1v) is 4.26. The van der Waals surface area contributed by atoms with Crippen LogP contribution in [0.15, 0.2) is 3.93 Å². The van der Waals surface area contributed by atoms with Gasteiger partial charge in [-0.3, -0.25) is 0 Å². The Kier molecular flexibility index (Phi) is 2.62. The summed E-state index contributed by atoms with van der Waals surface area (Å²) in [5, 5.41) is 1.40. The molecule has 0 aromatic carbocycles. The summed E-state index contributed by atoms with van der Waals surface area (Å²) in [6.45, 7) is 1.15. The van der Waals surface area contributed by atoms with E-state index in [0.717, 1.165) is 6.54 Å². The Hall–Kier alpha value is 0.332. The van der Waals surface area contributed by atoms with E-state index in [4.69, 9.17) is 0 Å². The normalized spacial score (nSPS) is 21.7. The Balaban J connectivity index is 2.20. The van der Waals surface area contributed by atoms with E-state index < -0.39 is 0 Å². The van der Waals surface area contributed by atoms with Crippen LogP contribution in [0.2, 0.25) is 5.28 Å². The van der Waals surface area contributed by atoms with Gasteiger partial charge in [0.05, 0.1) is 0 Å². The second-order valence-corrected chi connectivity index (χ2v) is 3.19. The second-order valence-electron chi connectivity index (χ2n) is 1.75. The van der Waals surface area contributed by atoms with Crippen molar-refractivity contribution in [2.75, 3.05) is 6.54 Å². The molecule has 0 bridgehead atoms. The SMILES string of the molecule is C1CC[N]=[Cr][CH2]C1. The Morgan fingerprint density at radius 3 is 3.14 bits per heavy atom. The van der Waals surface area contributed by atoms with Crippen molar-refractivity contribution in [2.24, 2.45) is 3.93 Å². The average Bonchev–Trinajstić information content (AvgIpc) is 1.90. The molecule has 0 spiro atoms. The first-order valence-electron chi connectivity index (χ1n) is 2.79. The predicted molar refractivity (Wildman–Crippen MR) is 26.0 cm³/mol. The van der Waals surface area contributed by atoms with E-state index >= 15 is 0 Å². The fraction of sp³-hybridized carbons (Fsp3) is 1.00. The maximum atomic E-state index is 4.33. The Morgan fingerprint density at radius 2 is 2.14 bits per heavy atom. The number of nitrogens with zero attached hydrogens (tertiary/aromatic N) is 1. The minimum atomic E-state index is 0.663. The summed E-state index contributed by atoms with van der Waals surface area (Å²) in [6.07, 6.45) is 4.20. The van der Waals surface area contributed by atoms with Gasteiger partial charge in [0.15, 0.2) is 0 Å². The van der Waals surface area contributed by atoms with Crippen LogP contribution < -0.4 is 0 Å². The molecule has 0 saturated heterocycles. The summed E-state index contributed by atoms with van der Waals surface area (Å²) in [7, 11) is 0. The van der Waals surface area contributed by atoms with Crippen LogP contribution in [-0.4, -0.2) is 6.54 Å². The molecule has 0 amide bonds. The molecule has 1 rings (SSSR count). The van der Waals surface area contributed by atoms with Crippen molar-refractivity contribution in [3.05, 3.63) is 0 Å². The van der Waals surface area contributed by atoms with Crippen molar-refractivity contribution in [1.82, 2.24) is 0 Å². The van der Waals surface area contributed by atoms with Crippen molar-refractivity contribution >= 4 is 0 Å². The average molecular weight is 136 g/mol. The zero-order chi connectivity index (χ0) is 4.95. The molecule has 0 radical (unpaired) electrons. The molecule has 0 aliphatic carbocycles. The Labute approximate surface area is 50.6 Å². The molecule has 41 valence electrons. The zero-order valence-electron chi connectivity index (χ0n) is 4.39. The van der Waals surface area contributed by atoms with Crippen molar-refractivity contribution in [3.63, 3.8) is 0 Å². The first kappa shape index (κ1) is 5.47. The van der Waals surface area contributed by atoms with Crippen molar-refractivity contribution < 1.29 is 15.0 Å². The summed E-state index contributed by atoms with van der Waals surface area (Å²) < 4.78 is 4.33. The Morgan fingerprint density at radius 1 is 1.14 bits per heavy atom. The van der Waals surface area contributed by atoms with Gasteiger partial charge in [-0.25, -0.2) is 0 Å². The zero-order valence-corrected chi connectivity index (χ0v) is 5.67. The molecule has 0 fully saturated rings. The van der Waals surface area contributed by atoms with Crippen LogP contribution in [-0.2, 0) is 15.0 Å². The predicted octanol–water partition coefficient (Wildman–Crippen LogP) is 1.85. The van der Waals surface area contributed by atoms with Crippen molar-refractivity contribution in [1.29, 1.82) is 0 Å². The molecular formula is C5H10CrN. The van der Waals surface area contributed by atoms with Gasteiger partial charge in [0.2, 0.25) is 0 Å². The van der Waals surface area contributed by atoms with Crippen LogP contribution in [0, 0.1) is 0 Å². The summed E-state index contributed by atoms with van der Waals surface area (Å²) >= 11 is 0.663. The molecule has 2 heteroatoms. The molecule has 1 heterocycles. The van der Waals surface area contributed by atoms with Crippen LogP contribution in [0.5, 0.6) is 0 Å². The maximum absolute atomic E-state index is 4.33. The van der Waals surface area contributed by atoms with E-state index in [2.05, 4.69) is 3.93 Å². The summed E-state index contributed by atoms with van der Waals surface area (Å²) in [5.41, 5.74) is 0. The van der Waals surface area contributed by atoms with Crippen LogP contribution >= 0.6 is 0 Å². The van der Waals surface area contributed by atoms with Crippen molar-refractivity contribution in [2.45, 2.75) is 24.5 Å². The standard InChI is InChI=1S/C5H10N.Cr/c1-2-3-4-5-6;/h1-5H2;. The second kappa shape index (κ2) is 3.35. The summed E-state index contributed by atoms with van der Waals surface area (Å²) in [6, 6.07) is 0. The molecular weight excluding hydrogens is 126 g/mol. The van der Waals surface area contributed by atoms with E-state index in [1.807, 2.05) is 0 Å². The fourth-order valence-corrected chi connectivity index (χ4v) is 1.77. The quantitative estimate of drug-likeness (QED) is 0.482. The first-order chi connectivity index (χ1) is 3.50. The van der Waals surface area contributed by atoms with Crippen LogP contribution in [0.25, 0.3) is 0 Å². The molecule has 0 atom stereocenters. The molecule has 1 aliphatic rings. The monoisotopic (exact) mass is 136 g/mol. The van der Waals surface area contributed by atoms with E-state index in [1.165, 1.54) is 24.5 Å². The molecule has 7 heavy (non-hydrogen) atoms. The van der Waals surface area contributed by atoms with Gasteiger partial charge in [-0.15, -0.1) is 0 Å². The number of rotatable bonds is 0. The topological polar surface area (TPSA) is 12.4 Å². The van der Waals surface area contributed by atoms with Gasteiger partial charge in [0, 0.05) is 0 Å². The molecule has 0 N–H and O–H groups in total. The fourth-order valence-electron chi connectivity index (χ4n) is 0.649. The van der Waals surface area contributed by atoms with Gasteiger partial charge < -0.3 is 0 Å². The minimum absolute atomic E-state index is 0.663. The van der Waals surface area contributed by atoms with Gasteiger partial charge in [0.1, 0.15) is 0 Å². The van der Waals surface area contributed by atoms with Crippen LogP contribution in [0.4, 0.5) is 0 Å². The molecule has 0 saturated carbocycles. The number of hydrogen-bond donors (Lipinski definition) is 0. The van der Waals surface area contributed by atoms with Gasteiger partial charge >= 0.3 is 50.0 Å². The molecule has 1 nitrogen and oxygen atoms in total. The number of hydrogen-bond acceptors (Lipinski definition) is 1. The van der Waals surface area contributed by atoms with E-state index in [0.29, 0.717) is 15.0 Å². The van der Waals surface area contributed by atoms with Crippen molar-refractivity contribution in [3.8, 4) is 0 Å². The van der Waals surface area contributed by atoms with Gasteiger partial charge in [-0.05, 0) is 0 Å². The molecule has 0 unspecified atom stereocenters. The van der Waals surface area contributed by atoms with Crippen LogP contribution in [0.3, 0.4) is 0 Å². The third-order valence-electron chi connectivity index (χ3n) is 1.08. The van der Waals surface area contributed by atoms with Gasteiger partial charge in [-0.1, -0.05) is 0 Å². The molecule has 0 aromatic heterocycles. The molecule has 1 aliphatic heterocycles. The summed E-state index contributed by atoms with van der Waals surface area (Å²) in [5.74, 6) is 0. The van der Waals surface area contributed by atoms with Gasteiger partial charge in [-0.2, -0.15) is 0 Å². The van der Waals surface area contributed by atoms with E-state index in [-0.39, 0.29) is 0 Å². The summed E-state index contributed by atoms with van der Waals surface area (Å²) in [4.78, 5) is 0.